The van der Waals surface area contributed by atoms with Crippen molar-refractivity contribution in [1.82, 2.24) is 14.6 Å². The van der Waals surface area contributed by atoms with Gasteiger partial charge in [0.05, 0.1) is 12.1 Å². The molecule has 2 heterocycles. The molecule has 3 rings (SSSR count). The van der Waals surface area contributed by atoms with Gasteiger partial charge in [-0.2, -0.15) is 9.50 Å². The minimum Gasteiger partial charge on any atom is -0.465 e. The summed E-state index contributed by atoms with van der Waals surface area (Å²) in [7, 11) is 1.25. The van der Waals surface area contributed by atoms with Crippen molar-refractivity contribution in [2.45, 2.75) is 0 Å². The molecular formula is C13H8ClN3O3S. The van der Waals surface area contributed by atoms with Crippen LogP contribution in [0.5, 0.6) is 0 Å². The lowest BCUT2D eigenvalue weighted by Gasteiger charge is -1.96. The van der Waals surface area contributed by atoms with Crippen molar-refractivity contribution in [1.29, 1.82) is 0 Å². The third-order valence-electron chi connectivity index (χ3n) is 2.74. The summed E-state index contributed by atoms with van der Waals surface area (Å²) in [5.74, 6) is -0.252. The number of ether oxygens (including phenoxy) is 1. The molecular weight excluding hydrogens is 314 g/mol. The van der Waals surface area contributed by atoms with Crippen molar-refractivity contribution in [3.8, 4) is 11.4 Å². The van der Waals surface area contributed by atoms with E-state index < -0.39 is 11.5 Å². The molecule has 1 aromatic carbocycles. The second kappa shape index (κ2) is 5.27. The minimum atomic E-state index is -0.582. The molecule has 0 atom stereocenters. The summed E-state index contributed by atoms with van der Waals surface area (Å²) in [6.07, 6.45) is 0. The minimum absolute atomic E-state index is 0.174. The van der Waals surface area contributed by atoms with E-state index >= 15 is 0 Å². The molecule has 0 aliphatic rings. The highest BCUT2D eigenvalue weighted by Crippen LogP contribution is 2.25. The van der Waals surface area contributed by atoms with Gasteiger partial charge in [0.1, 0.15) is 4.88 Å². The van der Waals surface area contributed by atoms with Crippen LogP contribution >= 0.6 is 22.9 Å². The Bertz CT molecular complexity index is 903. The second-order valence-corrected chi connectivity index (χ2v) is 5.47. The fourth-order valence-corrected chi connectivity index (χ4v) is 2.86. The van der Waals surface area contributed by atoms with Crippen LogP contribution in [0, 0.1) is 0 Å². The van der Waals surface area contributed by atoms with Crippen LogP contribution in [0.3, 0.4) is 0 Å². The number of methoxy groups -OCH3 is 1. The van der Waals surface area contributed by atoms with Crippen molar-refractivity contribution in [3.05, 3.63) is 50.6 Å². The molecule has 106 valence electrons. The Hall–Kier alpha value is -2.25. The predicted molar refractivity (Wildman–Crippen MR) is 78.9 cm³/mol. The predicted octanol–water partition coefficient (Wildman–Crippen LogP) is 2.26. The van der Waals surface area contributed by atoms with E-state index in [0.717, 1.165) is 15.9 Å². The van der Waals surface area contributed by atoms with E-state index in [1.54, 1.807) is 24.3 Å². The Morgan fingerprint density at radius 2 is 2.14 bits per heavy atom. The maximum Gasteiger partial charge on any atom is 0.348 e. The van der Waals surface area contributed by atoms with E-state index in [1.165, 1.54) is 13.2 Å². The Balaban J connectivity index is 2.21. The first kappa shape index (κ1) is 13.7. The number of halogens is 1. The van der Waals surface area contributed by atoms with E-state index in [9.17, 15) is 9.59 Å². The lowest BCUT2D eigenvalue weighted by atomic mass is 10.2. The van der Waals surface area contributed by atoms with Gasteiger partial charge in [0.15, 0.2) is 5.82 Å². The van der Waals surface area contributed by atoms with Crippen molar-refractivity contribution in [2.75, 3.05) is 7.11 Å². The van der Waals surface area contributed by atoms with Crippen LogP contribution in [0.4, 0.5) is 0 Å². The Kier molecular flexibility index (Phi) is 3.44. The summed E-state index contributed by atoms with van der Waals surface area (Å²) in [5.41, 5.74) is 0.170. The number of aromatic nitrogens is 3. The Labute approximate surface area is 127 Å². The fourth-order valence-electron chi connectivity index (χ4n) is 1.77. The zero-order valence-corrected chi connectivity index (χ0v) is 12.3. The molecule has 0 amide bonds. The topological polar surface area (TPSA) is 73.6 Å². The maximum absolute atomic E-state index is 12.0. The van der Waals surface area contributed by atoms with Crippen molar-refractivity contribution >= 4 is 33.9 Å². The van der Waals surface area contributed by atoms with Crippen LogP contribution in [0.25, 0.3) is 16.3 Å². The largest absolute Gasteiger partial charge is 0.465 e. The average Bonchev–Trinajstić information content (AvgIpc) is 2.91. The van der Waals surface area contributed by atoms with Crippen LogP contribution in [0.15, 0.2) is 35.1 Å². The van der Waals surface area contributed by atoms with Crippen molar-refractivity contribution in [3.63, 3.8) is 0 Å². The Morgan fingerprint density at radius 1 is 1.38 bits per heavy atom. The molecule has 0 unspecified atom stereocenters. The van der Waals surface area contributed by atoms with Crippen LogP contribution in [0.2, 0.25) is 5.02 Å². The fraction of sp³-hybridized carbons (Fsp3) is 0.0769. The first-order valence-corrected chi connectivity index (χ1v) is 7.04. The van der Waals surface area contributed by atoms with Crippen LogP contribution in [-0.4, -0.2) is 27.7 Å². The molecule has 0 fully saturated rings. The van der Waals surface area contributed by atoms with Gasteiger partial charge >= 0.3 is 5.97 Å². The number of carbonyl (C=O) groups excluding carboxylic acids is 1. The summed E-state index contributed by atoms with van der Waals surface area (Å²) in [6.45, 7) is 0. The van der Waals surface area contributed by atoms with Crippen LogP contribution < -0.4 is 5.56 Å². The summed E-state index contributed by atoms with van der Waals surface area (Å²) < 4.78 is 5.74. The molecule has 21 heavy (non-hydrogen) atoms. The molecule has 8 heteroatoms. The number of hydrogen-bond donors (Lipinski definition) is 0. The molecule has 0 saturated heterocycles. The van der Waals surface area contributed by atoms with Crippen LogP contribution in [-0.2, 0) is 4.74 Å². The molecule has 0 aliphatic heterocycles. The van der Waals surface area contributed by atoms with E-state index in [4.69, 9.17) is 11.6 Å². The first-order valence-electron chi connectivity index (χ1n) is 5.84. The molecule has 0 saturated carbocycles. The summed E-state index contributed by atoms with van der Waals surface area (Å²) >= 11 is 7.12. The summed E-state index contributed by atoms with van der Waals surface area (Å²) in [5, 5.41) is 4.62. The Morgan fingerprint density at radius 3 is 2.86 bits per heavy atom. The zero-order valence-electron chi connectivity index (χ0n) is 10.7. The highest BCUT2D eigenvalue weighted by atomic mass is 35.5. The number of hydrogen-bond acceptors (Lipinski definition) is 6. The normalized spacial score (nSPS) is 10.8. The summed E-state index contributed by atoms with van der Waals surface area (Å²) in [4.78, 5) is 28.2. The molecule has 6 nitrogen and oxygen atoms in total. The lowest BCUT2D eigenvalue weighted by Crippen LogP contribution is -2.14. The van der Waals surface area contributed by atoms with Gasteiger partial charge in [-0.15, -0.1) is 5.10 Å². The number of fused-ring (bicyclic) bond motifs is 1. The number of nitrogens with zero attached hydrogens (tertiary/aromatic N) is 3. The molecule has 2 aromatic heterocycles. The van der Waals surface area contributed by atoms with Gasteiger partial charge in [0.2, 0.25) is 4.96 Å². The standard InChI is InChI=1S/C13H8ClN3O3S/c1-20-12(19)9-6-10(18)17-13(21-9)15-11(16-17)7-4-2-3-5-8(7)14/h2-6H,1H3. The third kappa shape index (κ3) is 2.41. The van der Waals surface area contributed by atoms with Gasteiger partial charge in [0, 0.05) is 11.6 Å². The lowest BCUT2D eigenvalue weighted by molar-refractivity contribution is 0.0606. The molecule has 0 bridgehead atoms. The molecule has 0 N–H and O–H groups in total. The smallest absolute Gasteiger partial charge is 0.348 e. The second-order valence-electron chi connectivity index (χ2n) is 4.05. The number of rotatable bonds is 2. The van der Waals surface area contributed by atoms with Gasteiger partial charge in [-0.05, 0) is 12.1 Å². The maximum atomic E-state index is 12.0. The monoisotopic (exact) mass is 321 g/mol. The number of esters is 1. The van der Waals surface area contributed by atoms with Gasteiger partial charge in [-0.1, -0.05) is 35.1 Å². The van der Waals surface area contributed by atoms with Gasteiger partial charge in [0.25, 0.3) is 5.56 Å². The molecule has 3 aromatic rings. The van der Waals surface area contributed by atoms with Gasteiger partial charge in [-0.3, -0.25) is 4.79 Å². The number of carbonyl (C=O) groups is 1. The molecule has 0 aliphatic carbocycles. The molecule has 0 spiro atoms. The number of benzene rings is 1. The quantitative estimate of drug-likeness (QED) is 0.677. The van der Waals surface area contributed by atoms with Crippen molar-refractivity contribution < 1.29 is 9.53 Å². The van der Waals surface area contributed by atoms with Crippen molar-refractivity contribution in [2.24, 2.45) is 0 Å². The first-order chi connectivity index (χ1) is 10.1. The SMILES string of the molecule is COC(=O)c1cc(=O)n2nc(-c3ccccc3Cl)nc2s1. The van der Waals surface area contributed by atoms with E-state index in [2.05, 4.69) is 14.8 Å². The van der Waals surface area contributed by atoms with Crippen LogP contribution in [0.1, 0.15) is 9.67 Å². The van der Waals surface area contributed by atoms with E-state index in [1.807, 2.05) is 0 Å². The third-order valence-corrected chi connectivity index (χ3v) is 4.02. The van der Waals surface area contributed by atoms with E-state index in [-0.39, 0.29) is 4.88 Å². The average molecular weight is 322 g/mol. The van der Waals surface area contributed by atoms with Gasteiger partial charge in [-0.25, -0.2) is 4.79 Å². The van der Waals surface area contributed by atoms with Gasteiger partial charge < -0.3 is 4.74 Å². The molecule has 0 radical (unpaired) electrons. The van der Waals surface area contributed by atoms with E-state index in [0.29, 0.717) is 21.4 Å². The summed E-state index contributed by atoms with van der Waals surface area (Å²) in [6, 6.07) is 8.24. The zero-order chi connectivity index (χ0) is 15.0. The highest BCUT2D eigenvalue weighted by molar-refractivity contribution is 7.18. The highest BCUT2D eigenvalue weighted by Gasteiger charge is 2.15.